The van der Waals surface area contributed by atoms with Crippen LogP contribution in [0.2, 0.25) is 0 Å². The second kappa shape index (κ2) is 16.7. The topological polar surface area (TPSA) is 71.0 Å². The van der Waals surface area contributed by atoms with Crippen molar-refractivity contribution in [2.24, 2.45) is 4.99 Å². The number of halogens is 1. The van der Waals surface area contributed by atoms with E-state index in [4.69, 9.17) is 14.5 Å². The fourth-order valence-corrected chi connectivity index (χ4v) is 2.86. The van der Waals surface area contributed by atoms with Crippen molar-refractivity contribution in [3.05, 3.63) is 59.8 Å². The van der Waals surface area contributed by atoms with Crippen molar-refractivity contribution in [1.82, 2.24) is 20.5 Å². The minimum Gasteiger partial charge on any atom is -0.473 e. The van der Waals surface area contributed by atoms with E-state index in [0.717, 1.165) is 56.3 Å². The summed E-state index contributed by atoms with van der Waals surface area (Å²) in [5.74, 6) is 1.42. The van der Waals surface area contributed by atoms with Crippen LogP contribution in [0.15, 0.2) is 53.7 Å². The van der Waals surface area contributed by atoms with Crippen LogP contribution in [0.5, 0.6) is 5.88 Å². The van der Waals surface area contributed by atoms with Crippen LogP contribution < -0.4 is 15.4 Å². The molecular weight excluding hydrogens is 505 g/mol. The lowest BCUT2D eigenvalue weighted by atomic mass is 10.2. The molecule has 0 atom stereocenters. The molecule has 0 spiro atoms. The van der Waals surface area contributed by atoms with Crippen LogP contribution in [0.4, 0.5) is 0 Å². The molecule has 172 valence electrons. The molecule has 31 heavy (non-hydrogen) atoms. The molecule has 2 rings (SSSR count). The number of guanidine groups is 1. The van der Waals surface area contributed by atoms with Gasteiger partial charge in [-0.2, -0.15) is 0 Å². The molecule has 7 nitrogen and oxygen atoms in total. The van der Waals surface area contributed by atoms with E-state index >= 15 is 0 Å². The highest BCUT2D eigenvalue weighted by atomic mass is 127. The average Bonchev–Trinajstić information content (AvgIpc) is 2.77. The molecular formula is C23H36IN5O2. The van der Waals surface area contributed by atoms with E-state index in [0.29, 0.717) is 19.0 Å². The maximum Gasteiger partial charge on any atom is 0.218 e. The lowest BCUT2D eigenvalue weighted by molar-refractivity contribution is 0.180. The highest BCUT2D eigenvalue weighted by Gasteiger charge is 2.06. The van der Waals surface area contributed by atoms with Crippen LogP contribution in [0, 0.1) is 0 Å². The van der Waals surface area contributed by atoms with Crippen LogP contribution in [0.3, 0.4) is 0 Å². The molecule has 1 aromatic carbocycles. The summed E-state index contributed by atoms with van der Waals surface area (Å²) in [6.07, 6.45) is 2.78. The van der Waals surface area contributed by atoms with E-state index in [9.17, 15) is 0 Å². The maximum atomic E-state index is 5.94. The number of likely N-dealkylation sites (N-methyl/N-ethyl adjacent to an activating group) is 1. The molecule has 0 aliphatic carbocycles. The van der Waals surface area contributed by atoms with E-state index in [1.165, 1.54) is 0 Å². The zero-order valence-corrected chi connectivity index (χ0v) is 21.2. The Kier molecular flexibility index (Phi) is 14.6. The van der Waals surface area contributed by atoms with Crippen molar-refractivity contribution < 1.29 is 9.47 Å². The summed E-state index contributed by atoms with van der Waals surface area (Å²) in [7, 11) is 3.86. The number of nitrogens with one attached hydrogen (secondary N) is 2. The molecule has 0 saturated heterocycles. The highest BCUT2D eigenvalue weighted by Crippen LogP contribution is 2.17. The first-order valence-corrected chi connectivity index (χ1v) is 10.5. The van der Waals surface area contributed by atoms with Gasteiger partial charge in [0.1, 0.15) is 6.61 Å². The Morgan fingerprint density at radius 3 is 2.65 bits per heavy atom. The number of pyridine rings is 1. The normalized spacial score (nSPS) is 11.2. The van der Waals surface area contributed by atoms with Gasteiger partial charge in [-0.15, -0.1) is 24.0 Å². The van der Waals surface area contributed by atoms with Gasteiger partial charge in [0.05, 0.1) is 6.54 Å². The molecule has 0 bridgehead atoms. The van der Waals surface area contributed by atoms with Gasteiger partial charge in [0.25, 0.3) is 0 Å². The summed E-state index contributed by atoms with van der Waals surface area (Å²) in [4.78, 5) is 11.4. The lowest BCUT2D eigenvalue weighted by Gasteiger charge is -2.18. The second-order valence-corrected chi connectivity index (χ2v) is 7.01. The van der Waals surface area contributed by atoms with Gasteiger partial charge >= 0.3 is 0 Å². The van der Waals surface area contributed by atoms with Crippen molar-refractivity contribution in [1.29, 1.82) is 0 Å². The Morgan fingerprint density at radius 1 is 1.10 bits per heavy atom. The molecule has 0 unspecified atom stereocenters. The Labute approximate surface area is 203 Å². The van der Waals surface area contributed by atoms with Gasteiger partial charge in [0.2, 0.25) is 5.88 Å². The van der Waals surface area contributed by atoms with Gasteiger partial charge in [-0.1, -0.05) is 36.4 Å². The maximum absolute atomic E-state index is 5.94. The van der Waals surface area contributed by atoms with Gasteiger partial charge in [-0.25, -0.2) is 9.98 Å². The van der Waals surface area contributed by atoms with Crippen molar-refractivity contribution in [3.8, 4) is 5.88 Å². The summed E-state index contributed by atoms with van der Waals surface area (Å²) in [5, 5.41) is 6.69. The smallest absolute Gasteiger partial charge is 0.218 e. The Balaban J connectivity index is 0.00000480. The number of methoxy groups -OCH3 is 1. The quantitative estimate of drug-likeness (QED) is 0.176. The SMILES string of the molecule is CCNC(=NCc1cccnc1OCc1ccccc1)NCCN(C)CCCOC.I. The van der Waals surface area contributed by atoms with Gasteiger partial charge in [-0.05, 0) is 32.0 Å². The molecule has 0 fully saturated rings. The van der Waals surface area contributed by atoms with Crippen LogP contribution in [-0.4, -0.2) is 62.8 Å². The van der Waals surface area contributed by atoms with Crippen LogP contribution >= 0.6 is 24.0 Å². The first-order chi connectivity index (χ1) is 14.7. The number of nitrogens with zero attached hydrogens (tertiary/aromatic N) is 3. The molecule has 0 aliphatic rings. The average molecular weight is 541 g/mol. The van der Waals surface area contributed by atoms with Crippen LogP contribution in [0.25, 0.3) is 0 Å². The summed E-state index contributed by atoms with van der Waals surface area (Å²) in [6, 6.07) is 14.0. The third kappa shape index (κ3) is 11.3. The number of aromatic nitrogens is 1. The highest BCUT2D eigenvalue weighted by molar-refractivity contribution is 14.0. The summed E-state index contributed by atoms with van der Waals surface area (Å²) >= 11 is 0. The first-order valence-electron chi connectivity index (χ1n) is 10.5. The predicted octanol–water partition coefficient (Wildman–Crippen LogP) is 3.30. The summed E-state index contributed by atoms with van der Waals surface area (Å²) in [6.45, 7) is 7.42. The second-order valence-electron chi connectivity index (χ2n) is 7.01. The number of hydrogen-bond donors (Lipinski definition) is 2. The molecule has 1 heterocycles. The number of hydrogen-bond acceptors (Lipinski definition) is 5. The first kappa shape index (κ1) is 27.1. The van der Waals surface area contributed by atoms with E-state index in [-0.39, 0.29) is 24.0 Å². The molecule has 1 aromatic heterocycles. The molecule has 0 radical (unpaired) electrons. The molecule has 2 N–H and O–H groups in total. The fraction of sp³-hybridized carbons (Fsp3) is 0.478. The number of benzene rings is 1. The van der Waals surface area contributed by atoms with E-state index in [2.05, 4.69) is 34.5 Å². The summed E-state index contributed by atoms with van der Waals surface area (Å²) in [5.41, 5.74) is 2.07. The Hall–Kier alpha value is -1.91. The van der Waals surface area contributed by atoms with Gasteiger partial charge in [0, 0.05) is 51.7 Å². The van der Waals surface area contributed by atoms with E-state index < -0.39 is 0 Å². The third-order valence-corrected chi connectivity index (χ3v) is 4.49. The van der Waals surface area contributed by atoms with Crippen molar-refractivity contribution in [2.75, 3.05) is 46.9 Å². The van der Waals surface area contributed by atoms with Crippen LogP contribution in [-0.2, 0) is 17.9 Å². The Morgan fingerprint density at radius 2 is 1.90 bits per heavy atom. The van der Waals surface area contributed by atoms with Crippen molar-refractivity contribution in [3.63, 3.8) is 0 Å². The molecule has 2 aromatic rings. The fourth-order valence-electron chi connectivity index (χ4n) is 2.86. The van der Waals surface area contributed by atoms with Gasteiger partial charge in [0.15, 0.2) is 5.96 Å². The third-order valence-electron chi connectivity index (χ3n) is 4.49. The number of aliphatic imine (C=N–C) groups is 1. The molecule has 0 amide bonds. The van der Waals surface area contributed by atoms with Crippen LogP contribution in [0.1, 0.15) is 24.5 Å². The van der Waals surface area contributed by atoms with Gasteiger partial charge in [-0.3, -0.25) is 0 Å². The van der Waals surface area contributed by atoms with Crippen molar-refractivity contribution in [2.45, 2.75) is 26.5 Å². The standard InChI is InChI=1S/C23H35N5O2.HI/c1-4-24-23(26-14-16-28(2)15-9-17-29-3)27-18-21-12-8-13-25-22(21)30-19-20-10-6-5-7-11-20;/h5-8,10-13H,4,9,14-19H2,1-3H3,(H2,24,26,27);1H. The van der Waals surface area contributed by atoms with E-state index in [1.54, 1.807) is 13.3 Å². The summed E-state index contributed by atoms with van der Waals surface area (Å²) < 4.78 is 11.0. The van der Waals surface area contributed by atoms with E-state index in [1.807, 2.05) is 42.5 Å². The molecule has 0 aliphatic heterocycles. The minimum absolute atomic E-state index is 0. The largest absolute Gasteiger partial charge is 0.473 e. The zero-order chi connectivity index (χ0) is 21.4. The number of rotatable bonds is 13. The lowest BCUT2D eigenvalue weighted by Crippen LogP contribution is -2.41. The van der Waals surface area contributed by atoms with Crippen molar-refractivity contribution >= 4 is 29.9 Å². The minimum atomic E-state index is 0. The zero-order valence-electron chi connectivity index (χ0n) is 18.8. The number of ether oxygens (including phenoxy) is 2. The van der Waals surface area contributed by atoms with Gasteiger partial charge < -0.3 is 25.0 Å². The predicted molar refractivity (Wildman–Crippen MR) is 137 cm³/mol. The Bertz CT molecular complexity index is 746. The monoisotopic (exact) mass is 541 g/mol. The molecule has 0 saturated carbocycles. The molecule has 8 heteroatoms.